The van der Waals surface area contributed by atoms with E-state index in [9.17, 15) is 23.1 Å². The van der Waals surface area contributed by atoms with Crippen molar-refractivity contribution in [1.29, 1.82) is 0 Å². The summed E-state index contributed by atoms with van der Waals surface area (Å²) in [7, 11) is 1.84. The monoisotopic (exact) mass is 522 g/mol. The number of hydrogen-bond acceptors (Lipinski definition) is 9. The van der Waals surface area contributed by atoms with E-state index in [1.54, 1.807) is 18.7 Å². The summed E-state index contributed by atoms with van der Waals surface area (Å²) < 4.78 is 38.8. The first-order valence-corrected chi connectivity index (χ1v) is 12.2. The second kappa shape index (κ2) is 9.58. The summed E-state index contributed by atoms with van der Waals surface area (Å²) in [5.41, 5.74) is -0.912. The Morgan fingerprint density at radius 3 is 2.43 bits per heavy atom. The smallest absolute Gasteiger partial charge is 0.389 e. The van der Waals surface area contributed by atoms with Crippen molar-refractivity contribution in [1.82, 2.24) is 19.9 Å². The van der Waals surface area contributed by atoms with Crippen molar-refractivity contribution < 1.29 is 23.1 Å². The second-order valence-electron chi connectivity index (χ2n) is 10.8. The molecule has 1 amide bonds. The number of aliphatic hydroxyl groups is 1. The van der Waals surface area contributed by atoms with Crippen molar-refractivity contribution in [2.75, 3.05) is 34.0 Å². The first-order valence-electron chi connectivity index (χ1n) is 12.2. The Kier molecular flexibility index (Phi) is 6.95. The fraction of sp³-hybridized carbons (Fsp3) is 0.625. The number of halogens is 3. The molecule has 37 heavy (non-hydrogen) atoms. The maximum Gasteiger partial charge on any atom is 0.434 e. The number of nitrogens with zero attached hydrogens (tertiary/aromatic N) is 6. The molecular weight excluding hydrogens is 489 g/mol. The van der Waals surface area contributed by atoms with Gasteiger partial charge < -0.3 is 25.5 Å². The lowest BCUT2D eigenvalue weighted by molar-refractivity contribution is -0.141. The third-order valence-electron chi connectivity index (χ3n) is 6.64. The highest BCUT2D eigenvalue weighted by Crippen LogP contribution is 2.36. The van der Waals surface area contributed by atoms with E-state index < -0.39 is 17.5 Å². The summed E-state index contributed by atoms with van der Waals surface area (Å²) in [6, 6.07) is -0.400. The van der Waals surface area contributed by atoms with Crippen LogP contribution in [0.15, 0.2) is 12.4 Å². The Labute approximate surface area is 213 Å². The molecule has 1 saturated carbocycles. The predicted octanol–water partition coefficient (Wildman–Crippen LogP) is 3.23. The summed E-state index contributed by atoms with van der Waals surface area (Å²) >= 11 is 0. The molecule has 1 fully saturated rings. The van der Waals surface area contributed by atoms with Gasteiger partial charge in [-0.3, -0.25) is 4.79 Å². The van der Waals surface area contributed by atoms with Crippen molar-refractivity contribution in [2.24, 2.45) is 5.92 Å². The minimum Gasteiger partial charge on any atom is -0.389 e. The Morgan fingerprint density at radius 1 is 1.22 bits per heavy atom. The van der Waals surface area contributed by atoms with Gasteiger partial charge in [0.05, 0.1) is 23.7 Å². The fourth-order valence-electron chi connectivity index (χ4n) is 4.85. The molecule has 10 nitrogen and oxygen atoms in total. The zero-order valence-corrected chi connectivity index (χ0v) is 21.8. The zero-order valence-electron chi connectivity index (χ0n) is 21.8. The van der Waals surface area contributed by atoms with Crippen molar-refractivity contribution in [3.8, 4) is 0 Å². The van der Waals surface area contributed by atoms with Crippen LogP contribution in [-0.4, -0.2) is 68.3 Å². The molecule has 202 valence electrons. The number of aryl methyl sites for hydroxylation is 1. The average molecular weight is 523 g/mol. The first-order chi connectivity index (χ1) is 17.1. The molecule has 2 aliphatic rings. The molecule has 0 saturated heterocycles. The number of anilines is 4. The van der Waals surface area contributed by atoms with Gasteiger partial charge in [0.25, 0.3) is 0 Å². The largest absolute Gasteiger partial charge is 0.434 e. The van der Waals surface area contributed by atoms with E-state index in [4.69, 9.17) is 0 Å². The Morgan fingerprint density at radius 2 is 1.89 bits per heavy atom. The van der Waals surface area contributed by atoms with E-state index in [-0.39, 0.29) is 42.3 Å². The van der Waals surface area contributed by atoms with Crippen LogP contribution < -0.4 is 20.4 Å². The molecule has 1 aliphatic heterocycles. The molecule has 2 aromatic heterocycles. The SMILES string of the molecule is Cc1nc(NC2CC(N(CC(C)(C)O)c3cnc(C(F)(F)F)cn3)C2)nc2c1NC(=O)[C@H](C(C)C)N2C. The normalized spacial score (nSPS) is 21.9. The van der Waals surface area contributed by atoms with Crippen LogP contribution in [0, 0.1) is 12.8 Å². The molecule has 0 unspecified atom stereocenters. The minimum atomic E-state index is -4.57. The number of nitrogens with one attached hydrogen (secondary N) is 2. The van der Waals surface area contributed by atoms with E-state index in [2.05, 4.69) is 30.6 Å². The van der Waals surface area contributed by atoms with Gasteiger partial charge in [-0.1, -0.05) is 13.8 Å². The molecule has 3 heterocycles. The lowest BCUT2D eigenvalue weighted by Crippen LogP contribution is -2.54. The number of amides is 1. The van der Waals surface area contributed by atoms with Crippen molar-refractivity contribution in [3.05, 3.63) is 23.8 Å². The lowest BCUT2D eigenvalue weighted by Gasteiger charge is -2.45. The maximum absolute atomic E-state index is 12.9. The number of alkyl halides is 3. The minimum absolute atomic E-state index is 0.0125. The van der Waals surface area contributed by atoms with Crippen molar-refractivity contribution in [3.63, 3.8) is 0 Å². The van der Waals surface area contributed by atoms with Crippen LogP contribution in [0.2, 0.25) is 0 Å². The van der Waals surface area contributed by atoms with Gasteiger partial charge in [0.15, 0.2) is 11.5 Å². The van der Waals surface area contributed by atoms with E-state index in [1.807, 2.05) is 32.7 Å². The van der Waals surface area contributed by atoms with Gasteiger partial charge in [-0.25, -0.2) is 15.0 Å². The Balaban J connectivity index is 1.48. The second-order valence-corrected chi connectivity index (χ2v) is 10.8. The topological polar surface area (TPSA) is 119 Å². The third kappa shape index (κ3) is 5.71. The third-order valence-corrected chi connectivity index (χ3v) is 6.64. The van der Waals surface area contributed by atoms with E-state index in [0.717, 1.165) is 6.20 Å². The van der Waals surface area contributed by atoms with Crippen LogP contribution in [0.25, 0.3) is 0 Å². The maximum atomic E-state index is 12.9. The molecule has 1 atom stereocenters. The molecule has 13 heteroatoms. The van der Waals surface area contributed by atoms with Crippen LogP contribution >= 0.6 is 0 Å². The number of hydrogen-bond donors (Lipinski definition) is 3. The van der Waals surface area contributed by atoms with Crippen LogP contribution in [0.1, 0.15) is 51.9 Å². The number of fused-ring (bicyclic) bond motifs is 1. The van der Waals surface area contributed by atoms with Crippen LogP contribution in [-0.2, 0) is 11.0 Å². The molecule has 3 N–H and O–H groups in total. The highest BCUT2D eigenvalue weighted by molar-refractivity contribution is 6.03. The molecule has 0 aromatic carbocycles. The Bertz CT molecular complexity index is 1140. The first kappa shape index (κ1) is 26.8. The Hall–Kier alpha value is -3.22. The molecule has 0 radical (unpaired) electrons. The molecule has 2 aromatic rings. The van der Waals surface area contributed by atoms with E-state index >= 15 is 0 Å². The van der Waals surface area contributed by atoms with Crippen LogP contribution in [0.5, 0.6) is 0 Å². The average Bonchev–Trinajstić information content (AvgIpc) is 2.74. The van der Waals surface area contributed by atoms with E-state index in [1.165, 1.54) is 0 Å². The molecule has 1 aliphatic carbocycles. The van der Waals surface area contributed by atoms with Crippen LogP contribution in [0.3, 0.4) is 0 Å². The van der Waals surface area contributed by atoms with Gasteiger partial charge in [-0.15, -0.1) is 0 Å². The number of carbonyl (C=O) groups is 1. The number of aromatic nitrogens is 4. The standard InChI is InChI=1S/C24H33F3N8O2/c1-12(2)19-21(36)32-18-13(3)30-22(33-20(18)34(19)6)31-14-7-15(8-14)35(11-23(4,5)37)17-10-28-16(9-29-17)24(25,26)27/h9-10,12,14-15,19,37H,7-8,11H2,1-6H3,(H,32,36)(H,30,31,33)/t14?,15?,19-/m0/s1. The summed E-state index contributed by atoms with van der Waals surface area (Å²) in [6.07, 6.45) is -1.48. The molecule has 0 spiro atoms. The fourth-order valence-corrected chi connectivity index (χ4v) is 4.85. The molecule has 4 rings (SSSR count). The van der Waals surface area contributed by atoms with Gasteiger partial charge in [0.2, 0.25) is 11.9 Å². The quantitative estimate of drug-likeness (QED) is 0.504. The highest BCUT2D eigenvalue weighted by atomic mass is 19.4. The van der Waals surface area contributed by atoms with Gasteiger partial charge >= 0.3 is 6.18 Å². The van der Waals surface area contributed by atoms with Gasteiger partial charge in [0, 0.05) is 25.7 Å². The van der Waals surface area contributed by atoms with Crippen molar-refractivity contribution in [2.45, 2.75) is 77.4 Å². The molecule has 0 bridgehead atoms. The number of rotatable bonds is 7. The van der Waals surface area contributed by atoms with Gasteiger partial charge in [-0.05, 0) is 39.5 Å². The van der Waals surface area contributed by atoms with Crippen LogP contribution in [0.4, 0.5) is 36.4 Å². The number of likely N-dealkylation sites (N-methyl/N-ethyl adjacent to an activating group) is 1. The summed E-state index contributed by atoms with van der Waals surface area (Å²) in [5.74, 6) is 1.36. The van der Waals surface area contributed by atoms with Gasteiger partial charge in [-0.2, -0.15) is 18.2 Å². The summed E-state index contributed by atoms with van der Waals surface area (Å²) in [4.78, 5) is 32.9. The zero-order chi connectivity index (χ0) is 27.3. The summed E-state index contributed by atoms with van der Waals surface area (Å²) in [5, 5.41) is 16.7. The molecular formula is C24H33F3N8O2. The lowest BCUT2D eigenvalue weighted by atomic mass is 9.85. The van der Waals surface area contributed by atoms with E-state index in [0.29, 0.717) is 42.2 Å². The van der Waals surface area contributed by atoms with Gasteiger partial charge in [0.1, 0.15) is 17.5 Å². The summed E-state index contributed by atoms with van der Waals surface area (Å²) in [6.45, 7) is 9.22. The van der Waals surface area contributed by atoms with Crippen molar-refractivity contribution >= 4 is 29.2 Å². The highest BCUT2D eigenvalue weighted by Gasteiger charge is 2.39. The number of carbonyl (C=O) groups excluding carboxylic acids is 1. The predicted molar refractivity (Wildman–Crippen MR) is 134 cm³/mol.